The summed E-state index contributed by atoms with van der Waals surface area (Å²) in [6.45, 7) is 6.63. The normalized spacial score (nSPS) is 12.2. The Balaban J connectivity index is 4.31. The number of carbonyl (C=O) groups is 3. The lowest BCUT2D eigenvalue weighted by Gasteiger charge is -2.18. The zero-order chi connectivity index (χ0) is 47.9. The van der Waals surface area contributed by atoms with E-state index in [2.05, 4.69) is 57.2 Å². The van der Waals surface area contributed by atoms with E-state index in [1.807, 2.05) is 0 Å². The van der Waals surface area contributed by atoms with Crippen LogP contribution < -0.4 is 0 Å². The van der Waals surface area contributed by atoms with Crippen molar-refractivity contribution in [1.29, 1.82) is 0 Å². The lowest BCUT2D eigenvalue weighted by atomic mass is 10.1. The van der Waals surface area contributed by atoms with Gasteiger partial charge < -0.3 is 14.2 Å². The molecule has 0 saturated heterocycles. The highest BCUT2D eigenvalue weighted by Gasteiger charge is 2.19. The average molecular weight is 928 g/mol. The monoisotopic (exact) mass is 927 g/mol. The van der Waals surface area contributed by atoms with Gasteiger partial charge in [-0.25, -0.2) is 0 Å². The lowest BCUT2D eigenvalue weighted by Crippen LogP contribution is -2.30. The molecule has 0 fully saturated rings. The number of unbranched alkanes of at least 4 members (excludes halogenated alkanes) is 36. The van der Waals surface area contributed by atoms with Crippen molar-refractivity contribution in [3.63, 3.8) is 0 Å². The maximum atomic E-state index is 12.8. The summed E-state index contributed by atoms with van der Waals surface area (Å²) in [4.78, 5) is 38.1. The van der Waals surface area contributed by atoms with Gasteiger partial charge in [-0.3, -0.25) is 14.4 Å². The van der Waals surface area contributed by atoms with Crippen LogP contribution in [0, 0.1) is 0 Å². The molecule has 1 unspecified atom stereocenters. The Bertz CT molecular complexity index is 1110. The molecule has 0 amide bonds. The Morgan fingerprint density at radius 2 is 0.500 bits per heavy atom. The third-order valence-corrected chi connectivity index (χ3v) is 12.8. The predicted octanol–water partition coefficient (Wildman–Crippen LogP) is 19.3. The van der Waals surface area contributed by atoms with Gasteiger partial charge in [0, 0.05) is 19.3 Å². The zero-order valence-corrected chi connectivity index (χ0v) is 44.2. The highest BCUT2D eigenvalue weighted by molar-refractivity contribution is 5.71. The molecule has 0 aromatic rings. The van der Waals surface area contributed by atoms with Crippen LogP contribution in [0.2, 0.25) is 0 Å². The quantitative estimate of drug-likeness (QED) is 0.0262. The molecule has 0 rings (SSSR count). The number of hydrogen-bond acceptors (Lipinski definition) is 6. The highest BCUT2D eigenvalue weighted by atomic mass is 16.6. The molecular formula is C60H110O6. The van der Waals surface area contributed by atoms with Gasteiger partial charge in [-0.1, -0.05) is 231 Å². The smallest absolute Gasteiger partial charge is 0.306 e. The van der Waals surface area contributed by atoms with Crippen molar-refractivity contribution >= 4 is 17.9 Å². The van der Waals surface area contributed by atoms with Gasteiger partial charge in [-0.2, -0.15) is 0 Å². The van der Waals surface area contributed by atoms with Crippen LogP contribution in [0.25, 0.3) is 0 Å². The highest BCUT2D eigenvalue weighted by Crippen LogP contribution is 2.16. The molecule has 1 atom stereocenters. The molecule has 0 aliphatic rings. The first kappa shape index (κ1) is 63.6. The van der Waals surface area contributed by atoms with Crippen LogP contribution in [0.1, 0.15) is 310 Å². The van der Waals surface area contributed by atoms with Crippen molar-refractivity contribution in [3.05, 3.63) is 36.5 Å². The number of hydrogen-bond donors (Lipinski definition) is 0. The molecule has 0 N–H and O–H groups in total. The fraction of sp³-hybridized carbons (Fsp3) is 0.850. The lowest BCUT2D eigenvalue weighted by molar-refractivity contribution is -0.167. The van der Waals surface area contributed by atoms with Gasteiger partial charge >= 0.3 is 17.9 Å². The second-order valence-corrected chi connectivity index (χ2v) is 19.5. The first-order valence-corrected chi connectivity index (χ1v) is 29.0. The molecule has 0 aliphatic carbocycles. The van der Waals surface area contributed by atoms with Crippen LogP contribution in [0.3, 0.4) is 0 Å². The minimum Gasteiger partial charge on any atom is -0.462 e. The number of esters is 3. The summed E-state index contributed by atoms with van der Waals surface area (Å²) < 4.78 is 16.8. The van der Waals surface area contributed by atoms with Gasteiger partial charge in [0.05, 0.1) is 0 Å². The Labute approximate surface area is 410 Å². The van der Waals surface area contributed by atoms with Crippen LogP contribution in [-0.4, -0.2) is 37.2 Å². The Kier molecular flexibility index (Phi) is 53.2. The summed E-state index contributed by atoms with van der Waals surface area (Å²) in [7, 11) is 0. The summed E-state index contributed by atoms with van der Waals surface area (Å²) >= 11 is 0. The molecule has 0 aromatic heterocycles. The van der Waals surface area contributed by atoms with Crippen molar-refractivity contribution in [2.24, 2.45) is 0 Å². The molecule has 0 radical (unpaired) electrons. The number of rotatable bonds is 53. The molecule has 66 heavy (non-hydrogen) atoms. The van der Waals surface area contributed by atoms with Crippen molar-refractivity contribution in [1.82, 2.24) is 0 Å². The SMILES string of the molecule is CCCCCC/C=C\CCCCCCCC(=O)OCC(COC(=O)CCCCCCCCCCC/C=C\CCCCCCCCCC)OC(=O)CCCCCCC/C=C\CCCCCCC. The molecule has 0 heterocycles. The zero-order valence-electron chi connectivity index (χ0n) is 44.2. The van der Waals surface area contributed by atoms with Gasteiger partial charge in [-0.05, 0) is 96.3 Å². The van der Waals surface area contributed by atoms with Crippen LogP contribution in [0.15, 0.2) is 36.5 Å². The average Bonchev–Trinajstić information content (AvgIpc) is 3.31. The number of carbonyl (C=O) groups excluding carboxylic acids is 3. The summed E-state index contributed by atoms with van der Waals surface area (Å²) in [6, 6.07) is 0. The number of allylic oxidation sites excluding steroid dienone is 6. The van der Waals surface area contributed by atoms with Crippen LogP contribution in [0.5, 0.6) is 0 Å². The summed E-state index contributed by atoms with van der Waals surface area (Å²) in [6.07, 6.45) is 65.6. The van der Waals surface area contributed by atoms with E-state index >= 15 is 0 Å². The topological polar surface area (TPSA) is 78.9 Å². The van der Waals surface area contributed by atoms with Crippen LogP contribution in [0.4, 0.5) is 0 Å². The van der Waals surface area contributed by atoms with E-state index in [4.69, 9.17) is 14.2 Å². The molecular weight excluding hydrogens is 817 g/mol. The van der Waals surface area contributed by atoms with Gasteiger partial charge in [0.25, 0.3) is 0 Å². The van der Waals surface area contributed by atoms with Crippen molar-refractivity contribution in [3.8, 4) is 0 Å². The fourth-order valence-electron chi connectivity index (χ4n) is 8.43. The Hall–Kier alpha value is -2.37. The van der Waals surface area contributed by atoms with Crippen molar-refractivity contribution in [2.45, 2.75) is 316 Å². The fourth-order valence-corrected chi connectivity index (χ4v) is 8.43. The molecule has 0 saturated carbocycles. The van der Waals surface area contributed by atoms with Gasteiger partial charge in [0.1, 0.15) is 13.2 Å². The third-order valence-electron chi connectivity index (χ3n) is 12.8. The molecule has 386 valence electrons. The van der Waals surface area contributed by atoms with E-state index in [0.29, 0.717) is 19.3 Å². The van der Waals surface area contributed by atoms with E-state index in [1.54, 1.807) is 0 Å². The third kappa shape index (κ3) is 52.6. The van der Waals surface area contributed by atoms with Gasteiger partial charge in [0.2, 0.25) is 0 Å². The summed E-state index contributed by atoms with van der Waals surface area (Å²) in [5, 5.41) is 0. The molecule has 0 bridgehead atoms. The predicted molar refractivity (Wildman–Crippen MR) is 284 cm³/mol. The largest absolute Gasteiger partial charge is 0.462 e. The molecule has 0 aliphatic heterocycles. The first-order chi connectivity index (χ1) is 32.5. The second kappa shape index (κ2) is 55.2. The maximum Gasteiger partial charge on any atom is 0.306 e. The standard InChI is InChI=1S/C60H110O6/c1-4-7-10-13-16-19-22-25-27-28-29-30-31-32-33-36-38-41-44-47-50-53-59(62)65-56-57(55-64-58(61)52-49-46-43-40-37-34-24-21-18-15-12-9-6-3)66-60(63)54-51-48-45-42-39-35-26-23-20-17-14-11-8-5-2/h21,23-24,26,28-29,57H,4-20,22,25,27,30-56H2,1-3H3/b24-21-,26-23-,29-28-. The van der Waals surface area contributed by atoms with Gasteiger partial charge in [-0.15, -0.1) is 0 Å². The van der Waals surface area contributed by atoms with E-state index in [0.717, 1.165) is 70.6 Å². The summed E-state index contributed by atoms with van der Waals surface area (Å²) in [5.74, 6) is -0.882. The Morgan fingerprint density at radius 1 is 0.288 bits per heavy atom. The molecule has 0 spiro atoms. The molecule has 6 heteroatoms. The molecule has 0 aromatic carbocycles. The van der Waals surface area contributed by atoms with E-state index in [-0.39, 0.29) is 31.1 Å². The van der Waals surface area contributed by atoms with Gasteiger partial charge in [0.15, 0.2) is 6.10 Å². The van der Waals surface area contributed by atoms with Crippen LogP contribution in [-0.2, 0) is 28.6 Å². The van der Waals surface area contributed by atoms with Crippen LogP contribution >= 0.6 is 0 Å². The first-order valence-electron chi connectivity index (χ1n) is 29.0. The van der Waals surface area contributed by atoms with Crippen molar-refractivity contribution in [2.75, 3.05) is 13.2 Å². The molecule has 6 nitrogen and oxygen atoms in total. The minimum atomic E-state index is -0.778. The summed E-state index contributed by atoms with van der Waals surface area (Å²) in [5.41, 5.74) is 0. The van der Waals surface area contributed by atoms with E-state index in [1.165, 1.54) is 199 Å². The maximum absolute atomic E-state index is 12.8. The van der Waals surface area contributed by atoms with E-state index in [9.17, 15) is 14.4 Å². The Morgan fingerprint density at radius 3 is 0.773 bits per heavy atom. The minimum absolute atomic E-state index is 0.0770. The van der Waals surface area contributed by atoms with Crippen molar-refractivity contribution < 1.29 is 28.6 Å². The number of ether oxygens (including phenoxy) is 3. The van der Waals surface area contributed by atoms with E-state index < -0.39 is 6.10 Å². The second-order valence-electron chi connectivity index (χ2n) is 19.5.